The van der Waals surface area contributed by atoms with Crippen molar-refractivity contribution < 1.29 is 4.79 Å². The summed E-state index contributed by atoms with van der Waals surface area (Å²) in [5.41, 5.74) is 2.43. The molecule has 0 bridgehead atoms. The van der Waals surface area contributed by atoms with Gasteiger partial charge in [-0.05, 0) is 30.9 Å². The summed E-state index contributed by atoms with van der Waals surface area (Å²) in [6, 6.07) is 10.4. The minimum absolute atomic E-state index is 0.0547. The van der Waals surface area contributed by atoms with Gasteiger partial charge in [0, 0.05) is 50.3 Å². The molecule has 1 aliphatic rings. The summed E-state index contributed by atoms with van der Waals surface area (Å²) in [6.07, 6.45) is 6.24. The monoisotopic (exact) mass is 370 g/mol. The van der Waals surface area contributed by atoms with Crippen molar-refractivity contribution in [3.8, 4) is 0 Å². The Morgan fingerprint density at radius 3 is 2.73 bits per heavy atom. The van der Waals surface area contributed by atoms with Crippen molar-refractivity contribution in [1.82, 2.24) is 20.2 Å². The third-order valence-electron chi connectivity index (χ3n) is 4.54. The Morgan fingerprint density at radius 2 is 2.00 bits per heavy atom. The third kappa shape index (κ3) is 6.11. The fourth-order valence-electron chi connectivity index (χ4n) is 3.23. The smallest absolute Gasteiger partial charge is 0.216 e. The number of amides is 1. The number of piperidine rings is 1. The van der Waals surface area contributed by atoms with Gasteiger partial charge in [-0.1, -0.05) is 42.1 Å². The lowest BCUT2D eigenvalue weighted by Gasteiger charge is -2.32. The first-order chi connectivity index (χ1) is 12.7. The average molecular weight is 371 g/mol. The van der Waals surface area contributed by atoms with Gasteiger partial charge in [0.2, 0.25) is 5.91 Å². The molecule has 0 saturated carbocycles. The lowest BCUT2D eigenvalue weighted by atomic mass is 9.97. The molecule has 1 atom stereocenters. The summed E-state index contributed by atoms with van der Waals surface area (Å²) in [4.78, 5) is 22.5. The molecule has 3 rings (SSSR count). The van der Waals surface area contributed by atoms with E-state index in [4.69, 9.17) is 0 Å². The lowest BCUT2D eigenvalue weighted by molar-refractivity contribution is -0.119. The van der Waals surface area contributed by atoms with Gasteiger partial charge in [0.05, 0.1) is 0 Å². The second kappa shape index (κ2) is 9.69. The van der Waals surface area contributed by atoms with Crippen molar-refractivity contribution >= 4 is 17.7 Å². The molecule has 26 heavy (non-hydrogen) atoms. The Labute approximate surface area is 159 Å². The van der Waals surface area contributed by atoms with Crippen LogP contribution < -0.4 is 5.32 Å². The molecule has 1 fully saturated rings. The summed E-state index contributed by atoms with van der Waals surface area (Å²) in [5, 5.41) is 3.76. The molecule has 0 aliphatic carbocycles. The maximum absolute atomic E-state index is 11.1. The highest BCUT2D eigenvalue weighted by Crippen LogP contribution is 2.20. The largest absolute Gasteiger partial charge is 0.356 e. The summed E-state index contributed by atoms with van der Waals surface area (Å²) >= 11 is 1.66. The minimum atomic E-state index is 0.0547. The molecular formula is C20H26N4OS. The SMILES string of the molecule is CC(=O)NCC1CCCN(Cc2cnc(SCc3ccccc3)nc2)C1. The molecule has 1 aliphatic heterocycles. The van der Waals surface area contributed by atoms with Crippen molar-refractivity contribution in [3.63, 3.8) is 0 Å². The zero-order valence-corrected chi connectivity index (χ0v) is 16.0. The van der Waals surface area contributed by atoms with Crippen molar-refractivity contribution in [3.05, 3.63) is 53.9 Å². The predicted octanol–water partition coefficient (Wildman–Crippen LogP) is 3.12. The van der Waals surface area contributed by atoms with Crippen LogP contribution in [-0.2, 0) is 17.1 Å². The third-order valence-corrected chi connectivity index (χ3v) is 5.49. The highest BCUT2D eigenvalue weighted by atomic mass is 32.2. The van der Waals surface area contributed by atoms with Crippen molar-refractivity contribution in [2.24, 2.45) is 5.92 Å². The molecule has 5 nitrogen and oxygen atoms in total. The highest BCUT2D eigenvalue weighted by molar-refractivity contribution is 7.98. The van der Waals surface area contributed by atoms with E-state index in [0.717, 1.165) is 42.7 Å². The van der Waals surface area contributed by atoms with E-state index in [0.29, 0.717) is 5.92 Å². The molecule has 138 valence electrons. The van der Waals surface area contributed by atoms with Gasteiger partial charge in [-0.2, -0.15) is 0 Å². The standard InChI is InChI=1S/C20H26N4OS/c1-16(25)21-10-18-8-5-9-24(13-18)14-19-11-22-20(23-12-19)26-15-17-6-3-2-4-7-17/h2-4,6-7,11-12,18H,5,8-10,13-15H2,1H3,(H,21,25). The van der Waals surface area contributed by atoms with E-state index >= 15 is 0 Å². The summed E-state index contributed by atoms with van der Waals surface area (Å²) in [5.74, 6) is 1.48. The Hall–Kier alpha value is -1.92. The number of hydrogen-bond acceptors (Lipinski definition) is 5. The van der Waals surface area contributed by atoms with Gasteiger partial charge in [-0.3, -0.25) is 9.69 Å². The van der Waals surface area contributed by atoms with Crippen LogP contribution in [0.3, 0.4) is 0 Å². The van der Waals surface area contributed by atoms with Gasteiger partial charge in [0.1, 0.15) is 0 Å². The van der Waals surface area contributed by atoms with Gasteiger partial charge in [-0.15, -0.1) is 0 Å². The molecule has 1 saturated heterocycles. The fourth-order valence-corrected chi connectivity index (χ4v) is 3.97. The Bertz CT molecular complexity index is 693. The van der Waals surface area contributed by atoms with Crippen LogP contribution in [0.15, 0.2) is 47.9 Å². The summed E-state index contributed by atoms with van der Waals surface area (Å²) in [7, 11) is 0. The molecule has 1 amide bonds. The van der Waals surface area contributed by atoms with Gasteiger partial charge in [-0.25, -0.2) is 9.97 Å². The van der Waals surface area contributed by atoms with Crippen molar-refractivity contribution in [2.75, 3.05) is 19.6 Å². The minimum Gasteiger partial charge on any atom is -0.356 e. The number of thioether (sulfide) groups is 1. The zero-order valence-electron chi connectivity index (χ0n) is 15.2. The number of aromatic nitrogens is 2. The van der Waals surface area contributed by atoms with E-state index in [1.54, 1.807) is 18.7 Å². The molecule has 1 aromatic heterocycles. The van der Waals surface area contributed by atoms with Crippen LogP contribution in [0, 0.1) is 5.92 Å². The van der Waals surface area contributed by atoms with E-state index < -0.39 is 0 Å². The number of benzene rings is 1. The van der Waals surface area contributed by atoms with Crippen molar-refractivity contribution in [1.29, 1.82) is 0 Å². The number of hydrogen-bond donors (Lipinski definition) is 1. The van der Waals surface area contributed by atoms with E-state index in [-0.39, 0.29) is 5.91 Å². The normalized spacial score (nSPS) is 17.8. The lowest BCUT2D eigenvalue weighted by Crippen LogP contribution is -2.40. The van der Waals surface area contributed by atoms with E-state index in [9.17, 15) is 4.79 Å². The molecule has 0 radical (unpaired) electrons. The summed E-state index contributed by atoms with van der Waals surface area (Å²) in [6.45, 7) is 5.35. The van der Waals surface area contributed by atoms with E-state index in [1.807, 2.05) is 18.5 Å². The second-order valence-corrected chi connectivity index (χ2v) is 7.77. The van der Waals surface area contributed by atoms with Crippen LogP contribution in [0.1, 0.15) is 30.9 Å². The molecule has 6 heteroatoms. The van der Waals surface area contributed by atoms with Gasteiger partial charge in [0.25, 0.3) is 0 Å². The second-order valence-electron chi connectivity index (χ2n) is 6.83. The first-order valence-corrected chi connectivity index (χ1v) is 10.1. The average Bonchev–Trinajstić information content (AvgIpc) is 2.67. The number of nitrogens with one attached hydrogen (secondary N) is 1. The van der Waals surface area contributed by atoms with Crippen LogP contribution in [0.4, 0.5) is 0 Å². The summed E-state index contributed by atoms with van der Waals surface area (Å²) < 4.78 is 0. The Kier molecular flexibility index (Phi) is 7.03. The number of nitrogens with zero attached hydrogens (tertiary/aromatic N) is 3. The number of carbonyl (C=O) groups excluding carboxylic acids is 1. The van der Waals surface area contributed by atoms with Crippen LogP contribution in [-0.4, -0.2) is 40.4 Å². The molecule has 2 heterocycles. The van der Waals surface area contributed by atoms with Gasteiger partial charge < -0.3 is 5.32 Å². The van der Waals surface area contributed by atoms with Crippen molar-refractivity contribution in [2.45, 2.75) is 37.2 Å². The maximum atomic E-state index is 11.1. The van der Waals surface area contributed by atoms with Crippen LogP contribution in [0.5, 0.6) is 0 Å². The molecule has 2 aromatic rings. The first kappa shape index (κ1) is 18.9. The molecule has 1 aromatic carbocycles. The highest BCUT2D eigenvalue weighted by Gasteiger charge is 2.20. The van der Waals surface area contributed by atoms with Crippen LogP contribution in [0.2, 0.25) is 0 Å². The predicted molar refractivity (Wildman–Crippen MR) is 105 cm³/mol. The van der Waals surface area contributed by atoms with Gasteiger partial charge in [0.15, 0.2) is 5.16 Å². The maximum Gasteiger partial charge on any atom is 0.216 e. The topological polar surface area (TPSA) is 58.1 Å². The number of rotatable bonds is 7. The van der Waals surface area contributed by atoms with Crippen LogP contribution >= 0.6 is 11.8 Å². The van der Waals surface area contributed by atoms with E-state index in [1.165, 1.54) is 18.4 Å². The Balaban J connectivity index is 1.47. The van der Waals surface area contributed by atoms with Crippen LogP contribution in [0.25, 0.3) is 0 Å². The molecular weight excluding hydrogens is 344 g/mol. The quantitative estimate of drug-likeness (QED) is 0.599. The molecule has 1 unspecified atom stereocenters. The molecule has 0 spiro atoms. The Morgan fingerprint density at radius 1 is 1.23 bits per heavy atom. The first-order valence-electron chi connectivity index (χ1n) is 9.13. The molecule has 1 N–H and O–H groups in total. The fraction of sp³-hybridized carbons (Fsp3) is 0.450. The zero-order chi connectivity index (χ0) is 18.2. The van der Waals surface area contributed by atoms with E-state index in [2.05, 4.69) is 44.5 Å². The number of likely N-dealkylation sites (tertiary alicyclic amines) is 1. The van der Waals surface area contributed by atoms with Gasteiger partial charge >= 0.3 is 0 Å². The number of carbonyl (C=O) groups is 1.